The summed E-state index contributed by atoms with van der Waals surface area (Å²) >= 11 is 11.9. The van der Waals surface area contributed by atoms with Gasteiger partial charge in [0.15, 0.2) is 0 Å². The molecule has 2 aromatic rings. The normalized spacial score (nSPS) is 19.7. The van der Waals surface area contributed by atoms with Crippen molar-refractivity contribution in [2.24, 2.45) is 5.92 Å². The van der Waals surface area contributed by atoms with Gasteiger partial charge in [0.2, 0.25) is 0 Å². The van der Waals surface area contributed by atoms with Crippen LogP contribution in [-0.2, 0) is 4.79 Å². The van der Waals surface area contributed by atoms with Crippen molar-refractivity contribution in [3.63, 3.8) is 0 Å². The minimum absolute atomic E-state index is 0.0733. The van der Waals surface area contributed by atoms with Crippen molar-refractivity contribution in [3.05, 3.63) is 57.5 Å². The summed E-state index contributed by atoms with van der Waals surface area (Å²) < 4.78 is 5.70. The summed E-state index contributed by atoms with van der Waals surface area (Å²) in [5.41, 5.74) is 0.276. The van der Waals surface area contributed by atoms with E-state index < -0.39 is 5.91 Å². The first kappa shape index (κ1) is 16.6. The molecule has 24 heavy (non-hydrogen) atoms. The van der Waals surface area contributed by atoms with E-state index in [9.17, 15) is 10.1 Å². The molecule has 4 nitrogen and oxygen atoms in total. The van der Waals surface area contributed by atoms with Crippen LogP contribution in [0.1, 0.15) is 30.8 Å². The Bertz CT molecular complexity index is 864. The van der Waals surface area contributed by atoms with E-state index in [4.69, 9.17) is 27.6 Å². The van der Waals surface area contributed by atoms with Crippen molar-refractivity contribution in [1.82, 2.24) is 0 Å². The quantitative estimate of drug-likeness (QED) is 0.597. The predicted octanol–water partition coefficient (Wildman–Crippen LogP) is 5.26. The lowest BCUT2D eigenvalue weighted by Crippen LogP contribution is -2.13. The van der Waals surface area contributed by atoms with Gasteiger partial charge in [-0.15, -0.1) is 0 Å². The lowest BCUT2D eigenvalue weighted by molar-refractivity contribution is -0.112. The van der Waals surface area contributed by atoms with Gasteiger partial charge in [0.25, 0.3) is 5.91 Å². The third-order valence-electron chi connectivity index (χ3n) is 3.97. The molecule has 6 heteroatoms. The maximum absolute atomic E-state index is 12.3. The van der Waals surface area contributed by atoms with Gasteiger partial charge in [-0.2, -0.15) is 5.26 Å². The summed E-state index contributed by atoms with van der Waals surface area (Å²) in [6, 6.07) is 10.4. The van der Waals surface area contributed by atoms with Gasteiger partial charge in [0, 0.05) is 12.0 Å². The molecule has 122 valence electrons. The number of hydrogen-bond donors (Lipinski definition) is 1. The van der Waals surface area contributed by atoms with E-state index >= 15 is 0 Å². The van der Waals surface area contributed by atoms with E-state index in [-0.39, 0.29) is 10.6 Å². The predicted molar refractivity (Wildman–Crippen MR) is 93.9 cm³/mol. The number of carbonyl (C=O) groups excluding carboxylic acids is 1. The van der Waals surface area contributed by atoms with Crippen LogP contribution in [0.3, 0.4) is 0 Å². The Morgan fingerprint density at radius 3 is 2.79 bits per heavy atom. The molecule has 1 aliphatic carbocycles. The number of furan rings is 1. The molecular weight excluding hydrogens is 347 g/mol. The van der Waals surface area contributed by atoms with Gasteiger partial charge < -0.3 is 9.73 Å². The fourth-order valence-electron chi connectivity index (χ4n) is 2.44. The average Bonchev–Trinajstić information content (AvgIpc) is 3.10. The van der Waals surface area contributed by atoms with Crippen LogP contribution in [0.15, 0.2) is 40.3 Å². The van der Waals surface area contributed by atoms with E-state index in [2.05, 4.69) is 12.2 Å². The van der Waals surface area contributed by atoms with E-state index in [1.807, 2.05) is 12.1 Å². The van der Waals surface area contributed by atoms with Gasteiger partial charge >= 0.3 is 0 Å². The van der Waals surface area contributed by atoms with Crippen molar-refractivity contribution in [3.8, 4) is 6.07 Å². The van der Waals surface area contributed by atoms with Crippen LogP contribution in [0.25, 0.3) is 6.08 Å². The molecule has 1 fully saturated rings. The van der Waals surface area contributed by atoms with Gasteiger partial charge in [0.05, 0.1) is 15.7 Å². The lowest BCUT2D eigenvalue weighted by atomic mass is 10.2. The monoisotopic (exact) mass is 360 g/mol. The molecule has 1 aromatic carbocycles. The molecular formula is C18H14Cl2N2O2. The molecule has 0 saturated heterocycles. The Morgan fingerprint density at radius 1 is 1.38 bits per heavy atom. The second-order valence-corrected chi connectivity index (χ2v) is 6.57. The number of rotatable bonds is 4. The first-order valence-electron chi connectivity index (χ1n) is 7.46. The zero-order valence-corrected chi connectivity index (χ0v) is 14.4. The third-order valence-corrected chi connectivity index (χ3v) is 4.79. The summed E-state index contributed by atoms with van der Waals surface area (Å²) in [7, 11) is 0. The maximum Gasteiger partial charge on any atom is 0.266 e. The number of nitrogens with zero attached hydrogens (tertiary/aromatic N) is 1. The number of carbonyl (C=O) groups is 1. The number of nitrogens with one attached hydrogen (secondary N) is 1. The number of benzene rings is 1. The highest BCUT2D eigenvalue weighted by Crippen LogP contribution is 2.47. The molecule has 1 aliphatic rings. The van der Waals surface area contributed by atoms with Crippen molar-refractivity contribution in [1.29, 1.82) is 5.26 Å². The summed E-state index contributed by atoms with van der Waals surface area (Å²) in [4.78, 5) is 12.3. The number of nitriles is 1. The van der Waals surface area contributed by atoms with Gasteiger partial charge in [-0.25, -0.2) is 0 Å². The van der Waals surface area contributed by atoms with Crippen LogP contribution in [0, 0.1) is 17.2 Å². The van der Waals surface area contributed by atoms with E-state index in [0.29, 0.717) is 28.3 Å². The summed E-state index contributed by atoms with van der Waals surface area (Å²) in [6.45, 7) is 2.16. The van der Waals surface area contributed by atoms with Crippen molar-refractivity contribution < 1.29 is 9.21 Å². The van der Waals surface area contributed by atoms with Crippen molar-refractivity contribution in [2.75, 3.05) is 5.32 Å². The second kappa shape index (κ2) is 6.72. The van der Waals surface area contributed by atoms with Gasteiger partial charge in [0.1, 0.15) is 23.2 Å². The topological polar surface area (TPSA) is 66.0 Å². The molecule has 0 bridgehead atoms. The van der Waals surface area contributed by atoms with E-state index in [0.717, 1.165) is 12.2 Å². The Kier molecular flexibility index (Phi) is 4.66. The Labute approximate surface area is 149 Å². The number of amides is 1. The summed E-state index contributed by atoms with van der Waals surface area (Å²) in [5, 5.41) is 12.4. The molecule has 3 rings (SSSR count). The molecule has 0 spiro atoms. The van der Waals surface area contributed by atoms with E-state index in [1.54, 1.807) is 24.3 Å². The van der Waals surface area contributed by atoms with Crippen LogP contribution in [0.4, 0.5) is 5.69 Å². The molecule has 1 saturated carbocycles. The van der Waals surface area contributed by atoms with Crippen LogP contribution < -0.4 is 5.32 Å². The largest absolute Gasteiger partial charge is 0.461 e. The van der Waals surface area contributed by atoms with Gasteiger partial charge in [-0.05, 0) is 36.6 Å². The molecule has 1 aromatic heterocycles. The molecule has 1 heterocycles. The molecule has 0 radical (unpaired) electrons. The van der Waals surface area contributed by atoms with Crippen LogP contribution >= 0.6 is 23.2 Å². The SMILES string of the molecule is C[C@H]1C[C@@H]1c1ccc(/C=C(\C#N)C(=O)Nc2cccc(Cl)c2Cl)o1. The van der Waals surface area contributed by atoms with Crippen molar-refractivity contribution in [2.45, 2.75) is 19.3 Å². The highest BCUT2D eigenvalue weighted by molar-refractivity contribution is 6.44. The average molecular weight is 361 g/mol. The highest BCUT2D eigenvalue weighted by atomic mass is 35.5. The number of halogens is 2. The minimum Gasteiger partial charge on any atom is -0.461 e. The van der Waals surface area contributed by atoms with Crippen molar-refractivity contribution >= 4 is 40.9 Å². The number of anilines is 1. The first-order chi connectivity index (χ1) is 11.5. The van der Waals surface area contributed by atoms with Gasteiger partial charge in [-0.3, -0.25) is 4.79 Å². The molecule has 1 N–H and O–H groups in total. The van der Waals surface area contributed by atoms with Gasteiger partial charge in [-0.1, -0.05) is 36.2 Å². The number of hydrogen-bond acceptors (Lipinski definition) is 3. The Hall–Kier alpha value is -2.22. The molecule has 1 amide bonds. The first-order valence-corrected chi connectivity index (χ1v) is 8.22. The highest BCUT2D eigenvalue weighted by Gasteiger charge is 2.36. The molecule has 2 atom stereocenters. The molecule has 0 unspecified atom stereocenters. The summed E-state index contributed by atoms with van der Waals surface area (Å²) in [5.74, 6) is 1.87. The zero-order valence-electron chi connectivity index (χ0n) is 12.8. The van der Waals surface area contributed by atoms with Crippen LogP contribution in [0.5, 0.6) is 0 Å². The summed E-state index contributed by atoms with van der Waals surface area (Å²) in [6.07, 6.45) is 2.53. The fourth-order valence-corrected chi connectivity index (χ4v) is 2.79. The van der Waals surface area contributed by atoms with Crippen LogP contribution in [-0.4, -0.2) is 5.91 Å². The Balaban J connectivity index is 1.78. The Morgan fingerprint density at radius 2 is 2.12 bits per heavy atom. The lowest BCUT2D eigenvalue weighted by Gasteiger charge is -2.07. The van der Waals surface area contributed by atoms with Crippen LogP contribution in [0.2, 0.25) is 10.0 Å². The smallest absolute Gasteiger partial charge is 0.266 e. The fraction of sp³-hybridized carbons (Fsp3) is 0.222. The third kappa shape index (κ3) is 3.48. The minimum atomic E-state index is -0.570. The standard InChI is InChI=1S/C18H14Cl2N2O2/c1-10-7-13(10)16-6-5-12(24-16)8-11(9-21)18(23)22-15-4-2-3-14(19)17(15)20/h2-6,8,10,13H,7H2,1H3,(H,22,23)/b11-8+/t10-,13-/m0/s1. The maximum atomic E-state index is 12.3. The second-order valence-electron chi connectivity index (χ2n) is 5.78. The zero-order chi connectivity index (χ0) is 17.3. The van der Waals surface area contributed by atoms with E-state index in [1.165, 1.54) is 6.08 Å². The molecule has 0 aliphatic heterocycles.